The lowest BCUT2D eigenvalue weighted by Crippen LogP contribution is -2.45. The number of benzene rings is 2. The van der Waals surface area contributed by atoms with Crippen molar-refractivity contribution in [3.63, 3.8) is 0 Å². The van der Waals surface area contributed by atoms with Crippen LogP contribution in [0.1, 0.15) is 32.1 Å². The Balaban J connectivity index is 1.58. The van der Waals surface area contributed by atoms with E-state index in [1.165, 1.54) is 24.3 Å². The Morgan fingerprint density at radius 3 is 2.53 bits per heavy atom. The van der Waals surface area contributed by atoms with E-state index in [-0.39, 0.29) is 22.1 Å². The highest BCUT2D eigenvalue weighted by Crippen LogP contribution is 2.24. The quantitative estimate of drug-likeness (QED) is 0.660. The predicted molar refractivity (Wildman–Crippen MR) is 114 cm³/mol. The van der Waals surface area contributed by atoms with E-state index in [2.05, 4.69) is 10.0 Å². The Labute approximate surface area is 174 Å². The molecule has 1 heterocycles. The molecule has 4 rings (SSSR count). The molecule has 3 aromatic rings. The number of hydrogen-bond donors (Lipinski definition) is 2. The van der Waals surface area contributed by atoms with Gasteiger partial charge in [0.15, 0.2) is 5.43 Å². The number of hydrogen-bond acceptors (Lipinski definition) is 5. The van der Waals surface area contributed by atoms with Crippen molar-refractivity contribution in [3.05, 3.63) is 64.8 Å². The average Bonchev–Trinajstić information content (AvgIpc) is 2.74. The van der Waals surface area contributed by atoms with E-state index >= 15 is 0 Å². The molecule has 0 radical (unpaired) electrons. The van der Waals surface area contributed by atoms with Gasteiger partial charge in [0, 0.05) is 17.7 Å². The molecule has 1 saturated carbocycles. The van der Waals surface area contributed by atoms with E-state index in [0.29, 0.717) is 16.5 Å². The number of nitrogens with one attached hydrogen (secondary N) is 2. The van der Waals surface area contributed by atoms with Gasteiger partial charge in [-0.05, 0) is 37.1 Å². The Morgan fingerprint density at radius 2 is 1.73 bits per heavy atom. The SMILES string of the molecule is O=C(NC1CCCCC1)NS(=O)(=O)c1cccc(-c2cc(=O)c3ccccc3o2)c1. The fourth-order valence-electron chi connectivity index (χ4n) is 3.71. The monoisotopic (exact) mass is 426 g/mol. The van der Waals surface area contributed by atoms with E-state index in [9.17, 15) is 18.0 Å². The molecule has 0 aliphatic heterocycles. The van der Waals surface area contributed by atoms with Gasteiger partial charge in [-0.15, -0.1) is 0 Å². The van der Waals surface area contributed by atoms with Crippen LogP contribution in [-0.2, 0) is 10.0 Å². The lowest BCUT2D eigenvalue weighted by molar-refractivity contribution is 0.237. The molecule has 0 spiro atoms. The van der Waals surface area contributed by atoms with Gasteiger partial charge in [0.25, 0.3) is 10.0 Å². The van der Waals surface area contributed by atoms with Gasteiger partial charge in [0.1, 0.15) is 11.3 Å². The van der Waals surface area contributed by atoms with E-state index in [0.717, 1.165) is 32.1 Å². The number of carbonyl (C=O) groups is 1. The third kappa shape index (κ3) is 4.38. The third-order valence-corrected chi connectivity index (χ3v) is 6.56. The van der Waals surface area contributed by atoms with Gasteiger partial charge in [-0.1, -0.05) is 43.5 Å². The van der Waals surface area contributed by atoms with Crippen molar-refractivity contribution in [3.8, 4) is 11.3 Å². The van der Waals surface area contributed by atoms with Crippen LogP contribution in [0.3, 0.4) is 0 Å². The molecule has 1 fully saturated rings. The second-order valence-corrected chi connectivity index (χ2v) is 9.10. The number of rotatable bonds is 4. The highest BCUT2D eigenvalue weighted by Gasteiger charge is 2.22. The lowest BCUT2D eigenvalue weighted by atomic mass is 9.96. The largest absolute Gasteiger partial charge is 0.456 e. The van der Waals surface area contributed by atoms with Crippen molar-refractivity contribution >= 4 is 27.0 Å². The molecular formula is C22H22N2O5S. The van der Waals surface area contributed by atoms with Gasteiger partial charge in [-0.3, -0.25) is 4.79 Å². The number of carbonyl (C=O) groups excluding carboxylic acids is 1. The minimum atomic E-state index is -4.08. The summed E-state index contributed by atoms with van der Waals surface area (Å²) in [5.41, 5.74) is 0.622. The minimum Gasteiger partial charge on any atom is -0.456 e. The number of sulfonamides is 1. The predicted octanol–water partition coefficient (Wildman–Crippen LogP) is 3.78. The summed E-state index contributed by atoms with van der Waals surface area (Å²) in [5.74, 6) is 0.252. The second kappa shape index (κ2) is 8.31. The topological polar surface area (TPSA) is 105 Å². The molecule has 2 aromatic carbocycles. The summed E-state index contributed by atoms with van der Waals surface area (Å²) in [5, 5.41) is 3.18. The van der Waals surface area contributed by atoms with E-state index in [1.54, 1.807) is 30.3 Å². The Bertz CT molecular complexity index is 1240. The highest BCUT2D eigenvalue weighted by atomic mass is 32.2. The summed E-state index contributed by atoms with van der Waals surface area (Å²) in [4.78, 5) is 24.4. The number of amides is 2. The number of urea groups is 1. The van der Waals surface area contributed by atoms with Gasteiger partial charge < -0.3 is 9.73 Å². The first-order valence-corrected chi connectivity index (χ1v) is 11.4. The van der Waals surface area contributed by atoms with Gasteiger partial charge in [-0.25, -0.2) is 17.9 Å². The maximum absolute atomic E-state index is 12.7. The van der Waals surface area contributed by atoms with E-state index < -0.39 is 16.1 Å². The molecule has 0 bridgehead atoms. The average molecular weight is 426 g/mol. The lowest BCUT2D eigenvalue weighted by Gasteiger charge is -2.22. The molecule has 0 saturated heterocycles. The highest BCUT2D eigenvalue weighted by molar-refractivity contribution is 7.90. The molecule has 2 amide bonds. The zero-order chi connectivity index (χ0) is 21.1. The molecular weight excluding hydrogens is 404 g/mol. The zero-order valence-corrected chi connectivity index (χ0v) is 17.1. The standard InChI is InChI=1S/C22H22N2O5S/c25-19-14-21(29-20-12-5-4-11-18(19)20)15-7-6-10-17(13-15)30(27,28)24-22(26)23-16-8-2-1-3-9-16/h4-7,10-14,16H,1-3,8-9H2,(H2,23,24,26). The molecule has 30 heavy (non-hydrogen) atoms. The van der Waals surface area contributed by atoms with Crippen LogP contribution in [0, 0.1) is 0 Å². The van der Waals surface area contributed by atoms with Crippen molar-refractivity contribution in [2.45, 2.75) is 43.0 Å². The van der Waals surface area contributed by atoms with Crippen LogP contribution >= 0.6 is 0 Å². The van der Waals surface area contributed by atoms with E-state index in [4.69, 9.17) is 4.42 Å². The summed E-state index contributed by atoms with van der Waals surface area (Å²) in [6.07, 6.45) is 4.89. The fourth-order valence-corrected chi connectivity index (χ4v) is 4.67. The van der Waals surface area contributed by atoms with Gasteiger partial charge in [-0.2, -0.15) is 0 Å². The van der Waals surface area contributed by atoms with Crippen LogP contribution in [0.2, 0.25) is 0 Å². The summed E-state index contributed by atoms with van der Waals surface area (Å²) >= 11 is 0. The number of fused-ring (bicyclic) bond motifs is 1. The van der Waals surface area contributed by atoms with Gasteiger partial charge in [0.2, 0.25) is 0 Å². The molecule has 1 aliphatic carbocycles. The molecule has 2 N–H and O–H groups in total. The normalized spacial score (nSPS) is 15.1. The van der Waals surface area contributed by atoms with Crippen molar-refractivity contribution < 1.29 is 17.6 Å². The van der Waals surface area contributed by atoms with Crippen LogP contribution in [0.4, 0.5) is 4.79 Å². The van der Waals surface area contributed by atoms with Crippen LogP contribution in [0.15, 0.2) is 68.7 Å². The molecule has 1 aliphatic rings. The van der Waals surface area contributed by atoms with Crippen molar-refractivity contribution in [1.29, 1.82) is 0 Å². The molecule has 0 atom stereocenters. The van der Waals surface area contributed by atoms with Gasteiger partial charge in [0.05, 0.1) is 10.3 Å². The third-order valence-electron chi connectivity index (χ3n) is 5.23. The van der Waals surface area contributed by atoms with Crippen molar-refractivity contribution in [1.82, 2.24) is 10.0 Å². The second-order valence-electron chi connectivity index (χ2n) is 7.41. The van der Waals surface area contributed by atoms with E-state index in [1.807, 2.05) is 0 Å². The first kappa shape index (κ1) is 20.2. The first-order valence-electron chi connectivity index (χ1n) is 9.89. The molecule has 8 heteroatoms. The zero-order valence-electron chi connectivity index (χ0n) is 16.3. The molecule has 0 unspecified atom stereocenters. The smallest absolute Gasteiger partial charge is 0.328 e. The number of para-hydroxylation sites is 1. The van der Waals surface area contributed by atoms with Crippen LogP contribution < -0.4 is 15.5 Å². The summed E-state index contributed by atoms with van der Waals surface area (Å²) < 4.78 is 33.2. The molecule has 1 aromatic heterocycles. The minimum absolute atomic E-state index is 0.00726. The van der Waals surface area contributed by atoms with Crippen LogP contribution in [0.5, 0.6) is 0 Å². The Hall–Kier alpha value is -3.13. The fraction of sp³-hybridized carbons (Fsp3) is 0.273. The summed E-state index contributed by atoms with van der Waals surface area (Å²) in [7, 11) is -4.08. The van der Waals surface area contributed by atoms with Crippen molar-refractivity contribution in [2.24, 2.45) is 0 Å². The Kier molecular flexibility index (Phi) is 5.59. The van der Waals surface area contributed by atoms with Crippen molar-refractivity contribution in [2.75, 3.05) is 0 Å². The van der Waals surface area contributed by atoms with Gasteiger partial charge >= 0.3 is 6.03 Å². The maximum atomic E-state index is 12.7. The maximum Gasteiger partial charge on any atom is 0.328 e. The summed E-state index contributed by atoms with van der Waals surface area (Å²) in [6, 6.07) is 13.4. The molecule has 156 valence electrons. The Morgan fingerprint density at radius 1 is 0.967 bits per heavy atom. The molecule has 7 nitrogen and oxygen atoms in total. The van der Waals surface area contributed by atoms with Crippen LogP contribution in [0.25, 0.3) is 22.3 Å². The first-order chi connectivity index (χ1) is 14.4. The van der Waals surface area contributed by atoms with Crippen LogP contribution in [-0.4, -0.2) is 20.5 Å². The summed E-state index contributed by atoms with van der Waals surface area (Å²) in [6.45, 7) is 0.